The standard InChI is InChI=1S/C32H25NO/c1-21-17-22(2)19-27(18-21)33-29-9-6-10-31-32(29)28-20-26(15-16-30(28)34-31)25-13-11-24(12-14-25)23-7-4-3-5-8-23/h3-20,33H,1-2H3. The molecule has 164 valence electrons. The van der Waals surface area contributed by atoms with Crippen LogP contribution in [0.3, 0.4) is 0 Å². The van der Waals surface area contributed by atoms with Crippen LogP contribution in [-0.2, 0) is 0 Å². The summed E-state index contributed by atoms with van der Waals surface area (Å²) in [6.45, 7) is 4.25. The number of furan rings is 1. The highest BCUT2D eigenvalue weighted by Crippen LogP contribution is 2.38. The van der Waals surface area contributed by atoms with E-state index in [1.54, 1.807) is 0 Å². The summed E-state index contributed by atoms with van der Waals surface area (Å²) in [6.07, 6.45) is 0. The zero-order chi connectivity index (χ0) is 23.1. The Labute approximate surface area is 199 Å². The average Bonchev–Trinajstić information content (AvgIpc) is 3.23. The van der Waals surface area contributed by atoms with Crippen LogP contribution in [0.1, 0.15) is 11.1 Å². The first-order valence-corrected chi connectivity index (χ1v) is 11.6. The molecule has 1 aromatic heterocycles. The van der Waals surface area contributed by atoms with Crippen LogP contribution in [0.15, 0.2) is 114 Å². The summed E-state index contributed by atoms with van der Waals surface area (Å²) >= 11 is 0. The molecule has 0 bridgehead atoms. The summed E-state index contributed by atoms with van der Waals surface area (Å²) in [6, 6.07) is 38.4. The van der Waals surface area contributed by atoms with Crippen molar-refractivity contribution in [1.82, 2.24) is 0 Å². The monoisotopic (exact) mass is 439 g/mol. The Balaban J connectivity index is 1.43. The smallest absolute Gasteiger partial charge is 0.137 e. The van der Waals surface area contributed by atoms with Crippen molar-refractivity contribution in [1.29, 1.82) is 0 Å². The van der Waals surface area contributed by atoms with Gasteiger partial charge in [0.1, 0.15) is 11.2 Å². The Bertz CT molecular complexity index is 1610. The lowest BCUT2D eigenvalue weighted by Gasteiger charge is -2.10. The van der Waals surface area contributed by atoms with Gasteiger partial charge in [-0.2, -0.15) is 0 Å². The number of benzene rings is 5. The van der Waals surface area contributed by atoms with Gasteiger partial charge in [0.05, 0.1) is 11.1 Å². The number of aryl methyl sites for hydroxylation is 2. The highest BCUT2D eigenvalue weighted by atomic mass is 16.3. The molecular formula is C32H25NO. The number of hydrogen-bond acceptors (Lipinski definition) is 2. The second kappa shape index (κ2) is 8.24. The molecule has 0 atom stereocenters. The highest BCUT2D eigenvalue weighted by molar-refractivity contribution is 6.13. The minimum atomic E-state index is 0.890. The maximum Gasteiger partial charge on any atom is 0.137 e. The lowest BCUT2D eigenvalue weighted by atomic mass is 9.99. The summed E-state index contributed by atoms with van der Waals surface area (Å²) in [5.41, 5.74) is 11.2. The molecule has 0 fully saturated rings. The van der Waals surface area contributed by atoms with Crippen LogP contribution in [0.4, 0.5) is 11.4 Å². The lowest BCUT2D eigenvalue weighted by molar-refractivity contribution is 0.669. The number of hydrogen-bond donors (Lipinski definition) is 1. The van der Waals surface area contributed by atoms with Crippen molar-refractivity contribution >= 4 is 33.3 Å². The van der Waals surface area contributed by atoms with E-state index in [2.05, 4.69) is 110 Å². The summed E-state index contributed by atoms with van der Waals surface area (Å²) in [4.78, 5) is 0. The van der Waals surface area contributed by atoms with Crippen LogP contribution in [0.25, 0.3) is 44.2 Å². The second-order valence-electron chi connectivity index (χ2n) is 8.94. The number of fused-ring (bicyclic) bond motifs is 3. The maximum absolute atomic E-state index is 6.21. The molecular weight excluding hydrogens is 414 g/mol. The van der Waals surface area contributed by atoms with Crippen molar-refractivity contribution < 1.29 is 4.42 Å². The molecule has 1 N–H and O–H groups in total. The van der Waals surface area contributed by atoms with Crippen molar-refractivity contribution in [2.75, 3.05) is 5.32 Å². The molecule has 34 heavy (non-hydrogen) atoms. The number of nitrogens with one attached hydrogen (secondary N) is 1. The molecule has 5 aromatic carbocycles. The topological polar surface area (TPSA) is 25.2 Å². The molecule has 0 spiro atoms. The molecule has 0 aliphatic rings. The summed E-state index contributed by atoms with van der Waals surface area (Å²) < 4.78 is 6.21. The summed E-state index contributed by atoms with van der Waals surface area (Å²) in [7, 11) is 0. The van der Waals surface area contributed by atoms with Gasteiger partial charge in [-0.25, -0.2) is 0 Å². The fourth-order valence-electron chi connectivity index (χ4n) is 4.80. The first-order valence-electron chi connectivity index (χ1n) is 11.6. The third kappa shape index (κ3) is 3.74. The molecule has 0 radical (unpaired) electrons. The van der Waals surface area contributed by atoms with E-state index in [4.69, 9.17) is 4.42 Å². The Morgan fingerprint density at radius 1 is 0.529 bits per heavy atom. The van der Waals surface area contributed by atoms with E-state index in [9.17, 15) is 0 Å². The van der Waals surface area contributed by atoms with Crippen LogP contribution in [0.5, 0.6) is 0 Å². The Kier molecular flexibility index (Phi) is 4.92. The minimum absolute atomic E-state index is 0.890. The van der Waals surface area contributed by atoms with E-state index < -0.39 is 0 Å². The molecule has 0 saturated heterocycles. The van der Waals surface area contributed by atoms with Crippen LogP contribution >= 0.6 is 0 Å². The first-order chi connectivity index (χ1) is 16.6. The normalized spacial score (nSPS) is 11.2. The molecule has 0 aliphatic heterocycles. The molecule has 6 aromatic rings. The predicted octanol–water partition coefficient (Wildman–Crippen LogP) is 9.28. The van der Waals surface area contributed by atoms with E-state index >= 15 is 0 Å². The van der Waals surface area contributed by atoms with Gasteiger partial charge in [-0.15, -0.1) is 0 Å². The summed E-state index contributed by atoms with van der Waals surface area (Å²) in [5.74, 6) is 0. The van der Waals surface area contributed by atoms with Gasteiger partial charge in [0.15, 0.2) is 0 Å². The molecule has 0 saturated carbocycles. The van der Waals surface area contributed by atoms with Gasteiger partial charge < -0.3 is 9.73 Å². The van der Waals surface area contributed by atoms with Gasteiger partial charge in [0, 0.05) is 11.1 Å². The van der Waals surface area contributed by atoms with Crippen molar-refractivity contribution in [3.05, 3.63) is 120 Å². The van der Waals surface area contributed by atoms with Gasteiger partial charge in [-0.3, -0.25) is 0 Å². The van der Waals surface area contributed by atoms with Crippen LogP contribution < -0.4 is 5.32 Å². The SMILES string of the molecule is Cc1cc(C)cc(Nc2cccc3oc4ccc(-c5ccc(-c6ccccc6)cc5)cc4c23)c1. The zero-order valence-electron chi connectivity index (χ0n) is 19.3. The third-order valence-corrected chi connectivity index (χ3v) is 6.32. The molecule has 2 heteroatoms. The first kappa shape index (κ1) is 20.3. The van der Waals surface area contributed by atoms with Crippen molar-refractivity contribution in [3.8, 4) is 22.3 Å². The van der Waals surface area contributed by atoms with Crippen LogP contribution in [0, 0.1) is 13.8 Å². The molecule has 0 aliphatic carbocycles. The lowest BCUT2D eigenvalue weighted by Crippen LogP contribution is -1.92. The molecule has 2 nitrogen and oxygen atoms in total. The van der Waals surface area contributed by atoms with E-state index in [0.717, 1.165) is 33.3 Å². The van der Waals surface area contributed by atoms with E-state index in [0.29, 0.717) is 0 Å². The van der Waals surface area contributed by atoms with Gasteiger partial charge >= 0.3 is 0 Å². The Morgan fingerprint density at radius 3 is 1.91 bits per heavy atom. The van der Waals surface area contributed by atoms with E-state index in [-0.39, 0.29) is 0 Å². The van der Waals surface area contributed by atoms with Crippen molar-refractivity contribution in [2.45, 2.75) is 13.8 Å². The third-order valence-electron chi connectivity index (χ3n) is 6.32. The van der Waals surface area contributed by atoms with Crippen molar-refractivity contribution in [3.63, 3.8) is 0 Å². The quantitative estimate of drug-likeness (QED) is 0.296. The van der Waals surface area contributed by atoms with Gasteiger partial charge in [0.2, 0.25) is 0 Å². The average molecular weight is 440 g/mol. The second-order valence-corrected chi connectivity index (χ2v) is 8.94. The van der Waals surface area contributed by atoms with E-state index in [1.165, 1.54) is 33.4 Å². The fourth-order valence-corrected chi connectivity index (χ4v) is 4.80. The van der Waals surface area contributed by atoms with Gasteiger partial charge in [-0.1, -0.05) is 72.8 Å². The summed E-state index contributed by atoms with van der Waals surface area (Å²) in [5, 5.41) is 5.86. The minimum Gasteiger partial charge on any atom is -0.456 e. The molecule has 0 unspecified atom stereocenters. The largest absolute Gasteiger partial charge is 0.456 e. The molecule has 6 rings (SSSR count). The number of anilines is 2. The number of rotatable bonds is 4. The van der Waals surface area contributed by atoms with Gasteiger partial charge in [-0.05, 0) is 83.6 Å². The maximum atomic E-state index is 6.21. The fraction of sp³-hybridized carbons (Fsp3) is 0.0625. The highest BCUT2D eigenvalue weighted by Gasteiger charge is 2.13. The Morgan fingerprint density at radius 2 is 1.18 bits per heavy atom. The molecule has 1 heterocycles. The zero-order valence-corrected chi connectivity index (χ0v) is 19.3. The van der Waals surface area contributed by atoms with Crippen LogP contribution in [-0.4, -0.2) is 0 Å². The predicted molar refractivity (Wildman–Crippen MR) is 144 cm³/mol. The van der Waals surface area contributed by atoms with Crippen LogP contribution in [0.2, 0.25) is 0 Å². The van der Waals surface area contributed by atoms with Gasteiger partial charge in [0.25, 0.3) is 0 Å². The van der Waals surface area contributed by atoms with E-state index in [1.807, 2.05) is 18.2 Å². The Hall–Kier alpha value is -4.30. The van der Waals surface area contributed by atoms with Crippen molar-refractivity contribution in [2.24, 2.45) is 0 Å². The molecule has 0 amide bonds.